The van der Waals surface area contributed by atoms with Crippen LogP contribution in [0.4, 0.5) is 4.39 Å². The molecule has 1 unspecified atom stereocenters. The Bertz CT molecular complexity index is 1320. The summed E-state index contributed by atoms with van der Waals surface area (Å²) < 4.78 is 40.6. The number of carbonyl (C=O) groups is 1. The first kappa shape index (κ1) is 22.3. The summed E-state index contributed by atoms with van der Waals surface area (Å²) in [6, 6.07) is 6.68. The Morgan fingerprint density at radius 2 is 2.09 bits per heavy atom. The van der Waals surface area contributed by atoms with Crippen LogP contribution in [-0.2, 0) is 14.6 Å². The molecular weight excluding hydrogens is 451 g/mol. The van der Waals surface area contributed by atoms with Crippen LogP contribution in [0, 0.1) is 12.7 Å². The normalized spacial score (nSPS) is 14.8. The number of hydrogen-bond donors (Lipinski definition) is 2. The van der Waals surface area contributed by atoms with Gasteiger partial charge in [0.05, 0.1) is 16.8 Å². The number of fused-ring (bicyclic) bond motifs is 1. The van der Waals surface area contributed by atoms with Gasteiger partial charge in [0.2, 0.25) is 5.91 Å². The molecule has 0 aliphatic heterocycles. The van der Waals surface area contributed by atoms with Gasteiger partial charge in [0, 0.05) is 41.5 Å². The van der Waals surface area contributed by atoms with E-state index in [4.69, 9.17) is 0 Å². The number of carbonyl (C=O) groups excluding carboxylic acids is 1. The van der Waals surface area contributed by atoms with Gasteiger partial charge < -0.3 is 10.6 Å². The first-order chi connectivity index (χ1) is 15.1. The van der Waals surface area contributed by atoms with Crippen molar-refractivity contribution in [2.24, 2.45) is 0 Å². The van der Waals surface area contributed by atoms with E-state index in [0.29, 0.717) is 21.3 Å². The Balaban J connectivity index is 1.64. The number of amides is 1. The molecule has 0 spiro atoms. The smallest absolute Gasteiger partial charge is 0.239 e. The molecule has 3 aromatic rings. The highest BCUT2D eigenvalue weighted by Gasteiger charge is 2.30. The standard InChI is InChI=1S/C22H23FN4O3S2/c1-12-8-14(6-7-24-12)16-9-19-18(10-17(16)23)27-22(31-19)21(32(3,29)30)13(2)25-11-20(28)26-15-4-5-15/h6-10,15,21,25H,2,4-5,11H2,1,3H3,(H,26,28). The Kier molecular flexibility index (Phi) is 6.00. The SMILES string of the molecule is C=C(NCC(=O)NC1CC1)C(c1nc2cc(F)c(-c3ccnc(C)c3)cc2s1)S(C)(=O)=O. The van der Waals surface area contributed by atoms with Gasteiger partial charge in [0.1, 0.15) is 10.8 Å². The number of nitrogens with one attached hydrogen (secondary N) is 2. The summed E-state index contributed by atoms with van der Waals surface area (Å²) in [5, 5.41) is 4.77. The lowest BCUT2D eigenvalue weighted by molar-refractivity contribution is -0.120. The largest absolute Gasteiger partial charge is 0.379 e. The van der Waals surface area contributed by atoms with Gasteiger partial charge in [-0.05, 0) is 43.5 Å². The van der Waals surface area contributed by atoms with Gasteiger partial charge in [-0.1, -0.05) is 6.58 Å². The molecule has 1 aliphatic carbocycles. The average molecular weight is 475 g/mol. The fourth-order valence-corrected chi connectivity index (χ4v) is 6.09. The number of nitrogens with zero attached hydrogens (tertiary/aromatic N) is 2. The van der Waals surface area contributed by atoms with Crippen molar-refractivity contribution in [3.63, 3.8) is 0 Å². The van der Waals surface area contributed by atoms with Gasteiger partial charge in [0.15, 0.2) is 15.1 Å². The summed E-state index contributed by atoms with van der Waals surface area (Å²) in [5.41, 5.74) is 2.35. The molecule has 4 rings (SSSR count). The fraction of sp³-hybridized carbons (Fsp3) is 0.318. The highest BCUT2D eigenvalue weighted by Crippen LogP contribution is 2.36. The van der Waals surface area contributed by atoms with Crippen LogP contribution in [-0.4, -0.2) is 43.1 Å². The number of benzene rings is 1. The predicted octanol–water partition coefficient (Wildman–Crippen LogP) is 3.27. The molecule has 168 valence electrons. The van der Waals surface area contributed by atoms with Crippen molar-refractivity contribution in [3.8, 4) is 11.1 Å². The van der Waals surface area contributed by atoms with Crippen LogP contribution in [0.2, 0.25) is 0 Å². The zero-order chi connectivity index (χ0) is 23.0. The summed E-state index contributed by atoms with van der Waals surface area (Å²) in [6.45, 7) is 5.59. The minimum atomic E-state index is -3.65. The van der Waals surface area contributed by atoms with E-state index in [-0.39, 0.29) is 29.2 Å². The summed E-state index contributed by atoms with van der Waals surface area (Å²) >= 11 is 1.16. The van der Waals surface area contributed by atoms with E-state index in [0.717, 1.165) is 36.1 Å². The lowest BCUT2D eigenvalue weighted by atomic mass is 10.1. The van der Waals surface area contributed by atoms with Gasteiger partial charge in [-0.25, -0.2) is 17.8 Å². The van der Waals surface area contributed by atoms with E-state index in [9.17, 15) is 17.6 Å². The fourth-order valence-electron chi connectivity index (χ4n) is 3.40. The van der Waals surface area contributed by atoms with Crippen molar-refractivity contribution in [1.82, 2.24) is 20.6 Å². The van der Waals surface area contributed by atoms with Crippen LogP contribution < -0.4 is 10.6 Å². The number of halogens is 1. The molecular formula is C22H23FN4O3S2. The summed E-state index contributed by atoms with van der Waals surface area (Å²) in [6.07, 6.45) is 4.62. The number of aromatic nitrogens is 2. The molecule has 0 saturated heterocycles. The average Bonchev–Trinajstić information content (AvgIpc) is 3.42. The zero-order valence-corrected chi connectivity index (χ0v) is 19.3. The third-order valence-corrected chi connectivity index (χ3v) is 7.69. The maximum absolute atomic E-state index is 14.8. The second kappa shape index (κ2) is 8.59. The van der Waals surface area contributed by atoms with E-state index < -0.39 is 20.9 Å². The van der Waals surface area contributed by atoms with Crippen LogP contribution in [0.1, 0.15) is 28.8 Å². The highest BCUT2D eigenvalue weighted by atomic mass is 32.2. The minimum Gasteiger partial charge on any atom is -0.379 e. The second-order valence-electron chi connectivity index (χ2n) is 7.97. The number of rotatable bonds is 8. The molecule has 2 aromatic heterocycles. The van der Waals surface area contributed by atoms with E-state index in [1.165, 1.54) is 6.07 Å². The van der Waals surface area contributed by atoms with Gasteiger partial charge in [-0.2, -0.15) is 0 Å². The monoisotopic (exact) mass is 474 g/mol. The minimum absolute atomic E-state index is 0.0770. The molecule has 1 fully saturated rings. The van der Waals surface area contributed by atoms with E-state index in [2.05, 4.69) is 27.2 Å². The topological polar surface area (TPSA) is 101 Å². The summed E-state index contributed by atoms with van der Waals surface area (Å²) in [5.74, 6) is -0.672. The Hall–Kier alpha value is -2.85. The van der Waals surface area contributed by atoms with Crippen molar-refractivity contribution < 1.29 is 17.6 Å². The summed E-state index contributed by atoms with van der Waals surface area (Å²) in [4.78, 5) is 20.5. The van der Waals surface area contributed by atoms with Gasteiger partial charge in [-0.15, -0.1) is 11.3 Å². The molecule has 1 aliphatic rings. The molecule has 0 radical (unpaired) electrons. The molecule has 10 heteroatoms. The van der Waals surface area contributed by atoms with Crippen LogP contribution >= 0.6 is 11.3 Å². The van der Waals surface area contributed by atoms with E-state index in [1.54, 1.807) is 24.4 Å². The number of hydrogen-bond acceptors (Lipinski definition) is 7. The molecule has 1 atom stereocenters. The van der Waals surface area contributed by atoms with Crippen LogP contribution in [0.3, 0.4) is 0 Å². The van der Waals surface area contributed by atoms with Crippen molar-refractivity contribution in [3.05, 3.63) is 59.3 Å². The lowest BCUT2D eigenvalue weighted by Gasteiger charge is -2.17. The van der Waals surface area contributed by atoms with Crippen molar-refractivity contribution in [2.75, 3.05) is 12.8 Å². The van der Waals surface area contributed by atoms with Gasteiger partial charge >= 0.3 is 0 Å². The van der Waals surface area contributed by atoms with Crippen LogP contribution in [0.25, 0.3) is 21.3 Å². The Morgan fingerprint density at radius 1 is 1.34 bits per heavy atom. The Morgan fingerprint density at radius 3 is 2.75 bits per heavy atom. The van der Waals surface area contributed by atoms with Crippen LogP contribution in [0.15, 0.2) is 42.7 Å². The second-order valence-corrected chi connectivity index (χ2v) is 11.2. The number of thiazole rings is 1. The third kappa shape index (κ3) is 4.97. The molecule has 2 N–H and O–H groups in total. The molecule has 1 aromatic carbocycles. The predicted molar refractivity (Wildman–Crippen MR) is 123 cm³/mol. The molecule has 1 amide bonds. The van der Waals surface area contributed by atoms with E-state index >= 15 is 0 Å². The number of sulfone groups is 1. The summed E-state index contributed by atoms with van der Waals surface area (Å²) in [7, 11) is -3.65. The van der Waals surface area contributed by atoms with Crippen molar-refractivity contribution in [1.29, 1.82) is 0 Å². The first-order valence-electron chi connectivity index (χ1n) is 10.1. The number of aryl methyl sites for hydroxylation is 1. The molecule has 2 heterocycles. The zero-order valence-electron chi connectivity index (χ0n) is 17.7. The highest BCUT2D eigenvalue weighted by molar-refractivity contribution is 7.91. The molecule has 1 saturated carbocycles. The lowest BCUT2D eigenvalue weighted by Crippen LogP contribution is -2.36. The van der Waals surface area contributed by atoms with Gasteiger partial charge in [-0.3, -0.25) is 9.78 Å². The van der Waals surface area contributed by atoms with E-state index in [1.807, 2.05) is 6.92 Å². The maximum atomic E-state index is 14.8. The quantitative estimate of drug-likeness (QED) is 0.520. The maximum Gasteiger partial charge on any atom is 0.239 e. The van der Waals surface area contributed by atoms with Crippen molar-refractivity contribution in [2.45, 2.75) is 31.1 Å². The molecule has 7 nitrogen and oxygen atoms in total. The molecule has 0 bridgehead atoms. The van der Waals surface area contributed by atoms with Crippen LogP contribution in [0.5, 0.6) is 0 Å². The Labute approximate surface area is 189 Å². The third-order valence-electron chi connectivity index (χ3n) is 5.09. The van der Waals surface area contributed by atoms with Crippen molar-refractivity contribution >= 4 is 37.3 Å². The van der Waals surface area contributed by atoms with Gasteiger partial charge in [0.25, 0.3) is 0 Å². The molecule has 32 heavy (non-hydrogen) atoms. The first-order valence-corrected chi connectivity index (χ1v) is 12.8. The number of pyridine rings is 1.